The Hall–Kier alpha value is -3.88. The molecule has 0 aliphatic carbocycles. The second-order valence-corrected chi connectivity index (χ2v) is 9.79. The van der Waals surface area contributed by atoms with E-state index in [1.807, 2.05) is 31.2 Å². The molecule has 9 heteroatoms. The molecule has 37 heavy (non-hydrogen) atoms. The molecule has 0 aromatic heterocycles. The van der Waals surface area contributed by atoms with Crippen molar-refractivity contribution >= 4 is 35.2 Å². The summed E-state index contributed by atoms with van der Waals surface area (Å²) >= 11 is 0. The molecular weight excluding hydrogens is 472 g/mol. The molecular formula is C28H34N4O5. The fourth-order valence-corrected chi connectivity index (χ4v) is 5.20. The quantitative estimate of drug-likeness (QED) is 0.524. The van der Waals surface area contributed by atoms with Gasteiger partial charge in [0, 0.05) is 30.5 Å². The van der Waals surface area contributed by atoms with Gasteiger partial charge in [-0.05, 0) is 68.4 Å². The van der Waals surface area contributed by atoms with Crippen molar-refractivity contribution in [1.82, 2.24) is 9.80 Å². The van der Waals surface area contributed by atoms with Gasteiger partial charge in [-0.1, -0.05) is 30.3 Å². The Morgan fingerprint density at radius 3 is 2.35 bits per heavy atom. The van der Waals surface area contributed by atoms with E-state index >= 15 is 0 Å². The number of benzene rings is 2. The number of urea groups is 1. The summed E-state index contributed by atoms with van der Waals surface area (Å²) in [7, 11) is 0. The van der Waals surface area contributed by atoms with Gasteiger partial charge < -0.3 is 25.5 Å². The Morgan fingerprint density at radius 2 is 1.62 bits per heavy atom. The monoisotopic (exact) mass is 506 g/mol. The number of hydrogen-bond donors (Lipinski definition) is 3. The molecule has 2 aliphatic heterocycles. The van der Waals surface area contributed by atoms with Crippen LogP contribution >= 0.6 is 0 Å². The highest BCUT2D eigenvalue weighted by Crippen LogP contribution is 2.26. The minimum absolute atomic E-state index is 0.0598. The third-order valence-corrected chi connectivity index (χ3v) is 7.14. The SMILES string of the molecule is Cc1ccccc1NC(=O)Nc1ccc(CC(=O)N2CCCC2C(=O)N2CCCCC2CC(=O)O)cc1. The van der Waals surface area contributed by atoms with E-state index in [-0.39, 0.29) is 36.7 Å². The van der Waals surface area contributed by atoms with Gasteiger partial charge in [-0.2, -0.15) is 0 Å². The van der Waals surface area contributed by atoms with Crippen LogP contribution in [0.2, 0.25) is 0 Å². The van der Waals surface area contributed by atoms with Crippen LogP contribution in [-0.4, -0.2) is 63.9 Å². The van der Waals surface area contributed by atoms with Gasteiger partial charge >= 0.3 is 12.0 Å². The number of carboxylic acids is 1. The van der Waals surface area contributed by atoms with Crippen molar-refractivity contribution in [2.45, 2.75) is 64.0 Å². The summed E-state index contributed by atoms with van der Waals surface area (Å²) in [6, 6.07) is 13.4. The minimum atomic E-state index is -0.908. The van der Waals surface area contributed by atoms with Crippen molar-refractivity contribution in [3.63, 3.8) is 0 Å². The lowest BCUT2D eigenvalue weighted by Crippen LogP contribution is -2.53. The van der Waals surface area contributed by atoms with Crippen LogP contribution in [0.15, 0.2) is 48.5 Å². The predicted molar refractivity (Wildman–Crippen MR) is 140 cm³/mol. The number of anilines is 2. The summed E-state index contributed by atoms with van der Waals surface area (Å²) < 4.78 is 0. The van der Waals surface area contributed by atoms with E-state index in [1.54, 1.807) is 34.1 Å². The number of likely N-dealkylation sites (tertiary alicyclic amines) is 2. The van der Waals surface area contributed by atoms with E-state index in [9.17, 15) is 24.3 Å². The first-order chi connectivity index (χ1) is 17.8. The van der Waals surface area contributed by atoms with E-state index in [0.29, 0.717) is 31.6 Å². The summed E-state index contributed by atoms with van der Waals surface area (Å²) in [5.41, 5.74) is 3.08. The number of hydrogen-bond acceptors (Lipinski definition) is 4. The van der Waals surface area contributed by atoms with Gasteiger partial charge in [0.1, 0.15) is 6.04 Å². The van der Waals surface area contributed by atoms with Gasteiger partial charge in [0.25, 0.3) is 0 Å². The number of rotatable bonds is 7. The zero-order chi connectivity index (χ0) is 26.4. The van der Waals surface area contributed by atoms with Crippen molar-refractivity contribution < 1.29 is 24.3 Å². The average molecular weight is 507 g/mol. The smallest absolute Gasteiger partial charge is 0.323 e. The van der Waals surface area contributed by atoms with Gasteiger partial charge in [0.05, 0.1) is 12.8 Å². The predicted octanol–water partition coefficient (Wildman–Crippen LogP) is 4.03. The van der Waals surface area contributed by atoms with Crippen molar-refractivity contribution in [2.24, 2.45) is 0 Å². The van der Waals surface area contributed by atoms with Crippen LogP contribution in [0.3, 0.4) is 0 Å². The van der Waals surface area contributed by atoms with Gasteiger partial charge in [-0.3, -0.25) is 14.4 Å². The molecule has 9 nitrogen and oxygen atoms in total. The molecule has 2 aromatic rings. The number of aliphatic carboxylic acids is 1. The first-order valence-electron chi connectivity index (χ1n) is 12.9. The van der Waals surface area contributed by atoms with Gasteiger partial charge in [-0.25, -0.2) is 4.79 Å². The van der Waals surface area contributed by atoms with Crippen LogP contribution in [0, 0.1) is 6.92 Å². The summed E-state index contributed by atoms with van der Waals surface area (Å²) in [6.07, 6.45) is 3.88. The number of aryl methyl sites for hydroxylation is 1. The highest BCUT2D eigenvalue weighted by atomic mass is 16.4. The maximum absolute atomic E-state index is 13.4. The molecule has 0 saturated carbocycles. The van der Waals surface area contributed by atoms with Gasteiger partial charge in [0.15, 0.2) is 0 Å². The summed E-state index contributed by atoms with van der Waals surface area (Å²) in [4.78, 5) is 53.5. The highest BCUT2D eigenvalue weighted by molar-refractivity contribution is 6.00. The standard InChI is InChI=1S/C28H34N4O5/c1-19-7-2-3-9-23(19)30-28(37)29-21-13-11-20(12-14-21)17-25(33)32-16-6-10-24(32)27(36)31-15-5-4-8-22(31)18-26(34)35/h2-3,7,9,11-14,22,24H,4-6,8,10,15-18H2,1H3,(H,34,35)(H2,29,30,37). The number of piperidine rings is 1. The molecule has 0 bridgehead atoms. The van der Waals surface area contributed by atoms with Crippen LogP contribution in [-0.2, 0) is 20.8 Å². The molecule has 2 aromatic carbocycles. The molecule has 2 unspecified atom stereocenters. The van der Waals surface area contributed by atoms with Crippen LogP contribution in [0.1, 0.15) is 49.7 Å². The van der Waals surface area contributed by atoms with E-state index in [0.717, 1.165) is 36.1 Å². The topological polar surface area (TPSA) is 119 Å². The largest absolute Gasteiger partial charge is 0.481 e. The number of para-hydroxylation sites is 1. The number of nitrogens with zero attached hydrogens (tertiary/aromatic N) is 2. The summed E-state index contributed by atoms with van der Waals surface area (Å²) in [6.45, 7) is 2.98. The molecule has 2 fully saturated rings. The maximum atomic E-state index is 13.4. The van der Waals surface area contributed by atoms with Crippen molar-refractivity contribution in [1.29, 1.82) is 0 Å². The van der Waals surface area contributed by atoms with Crippen molar-refractivity contribution in [3.8, 4) is 0 Å². The lowest BCUT2D eigenvalue weighted by Gasteiger charge is -2.38. The number of nitrogens with one attached hydrogen (secondary N) is 2. The Morgan fingerprint density at radius 1 is 0.892 bits per heavy atom. The van der Waals surface area contributed by atoms with Crippen molar-refractivity contribution in [3.05, 3.63) is 59.7 Å². The molecule has 0 radical (unpaired) electrons. The molecule has 2 saturated heterocycles. The normalized spacial score (nSPS) is 19.4. The number of carboxylic acid groups (broad SMARTS) is 1. The molecule has 196 valence electrons. The molecule has 3 N–H and O–H groups in total. The number of carbonyl (C=O) groups excluding carboxylic acids is 3. The Bertz CT molecular complexity index is 1150. The lowest BCUT2D eigenvalue weighted by atomic mass is 9.98. The molecule has 2 atom stereocenters. The van der Waals surface area contributed by atoms with Crippen LogP contribution in [0.5, 0.6) is 0 Å². The Balaban J connectivity index is 1.34. The maximum Gasteiger partial charge on any atom is 0.323 e. The third kappa shape index (κ3) is 6.67. The average Bonchev–Trinajstić information content (AvgIpc) is 3.36. The third-order valence-electron chi connectivity index (χ3n) is 7.14. The first kappa shape index (κ1) is 26.2. The number of carbonyl (C=O) groups is 4. The Kier molecular flexibility index (Phi) is 8.43. The highest BCUT2D eigenvalue weighted by Gasteiger charge is 2.39. The molecule has 4 amide bonds. The van der Waals surface area contributed by atoms with E-state index in [4.69, 9.17) is 0 Å². The summed E-state index contributed by atoms with van der Waals surface area (Å²) in [5, 5.41) is 14.9. The summed E-state index contributed by atoms with van der Waals surface area (Å²) in [5.74, 6) is -1.16. The molecule has 0 spiro atoms. The lowest BCUT2D eigenvalue weighted by molar-refractivity contribution is -0.148. The second kappa shape index (κ2) is 11.9. The Labute approximate surface area is 216 Å². The van der Waals surface area contributed by atoms with Gasteiger partial charge in [-0.15, -0.1) is 0 Å². The number of amides is 4. The van der Waals surface area contributed by atoms with Crippen LogP contribution in [0.25, 0.3) is 0 Å². The van der Waals surface area contributed by atoms with E-state index in [2.05, 4.69) is 10.6 Å². The zero-order valence-electron chi connectivity index (χ0n) is 21.1. The first-order valence-corrected chi connectivity index (χ1v) is 12.9. The fourth-order valence-electron chi connectivity index (χ4n) is 5.20. The minimum Gasteiger partial charge on any atom is -0.481 e. The van der Waals surface area contributed by atoms with Gasteiger partial charge in [0.2, 0.25) is 11.8 Å². The fraction of sp³-hybridized carbons (Fsp3) is 0.429. The molecule has 2 heterocycles. The molecule has 2 aliphatic rings. The van der Waals surface area contributed by atoms with Crippen LogP contribution in [0.4, 0.5) is 16.2 Å². The zero-order valence-corrected chi connectivity index (χ0v) is 21.1. The van der Waals surface area contributed by atoms with Crippen LogP contribution < -0.4 is 10.6 Å². The second-order valence-electron chi connectivity index (χ2n) is 9.79. The molecule has 4 rings (SSSR count). The van der Waals surface area contributed by atoms with E-state index < -0.39 is 12.0 Å². The van der Waals surface area contributed by atoms with Crippen molar-refractivity contribution in [2.75, 3.05) is 23.7 Å². The van der Waals surface area contributed by atoms with E-state index in [1.165, 1.54) is 0 Å².